The summed E-state index contributed by atoms with van der Waals surface area (Å²) in [5, 5.41) is 11.6. The number of hydrogen-bond donors (Lipinski definition) is 1. The highest BCUT2D eigenvalue weighted by Gasteiger charge is 2.49. The highest BCUT2D eigenvalue weighted by atomic mass is 35.5. The zero-order valence-electron chi connectivity index (χ0n) is 19.1. The Hall–Kier alpha value is -2.90. The summed E-state index contributed by atoms with van der Waals surface area (Å²) in [7, 11) is 4.32. The van der Waals surface area contributed by atoms with E-state index in [9.17, 15) is 14.7 Å². The monoisotopic (exact) mass is 505 g/mol. The molecule has 2 aromatic carbocycles. The summed E-state index contributed by atoms with van der Waals surface area (Å²) in [4.78, 5) is 28.2. The van der Waals surface area contributed by atoms with Crippen LogP contribution in [-0.2, 0) is 9.59 Å². The molecule has 1 N–H and O–H groups in total. The molecule has 1 saturated carbocycles. The van der Waals surface area contributed by atoms with Gasteiger partial charge < -0.3 is 24.2 Å². The number of amides is 1. The van der Waals surface area contributed by atoms with Gasteiger partial charge in [0.2, 0.25) is 0 Å². The highest BCUT2D eigenvalue weighted by molar-refractivity contribution is 6.47. The summed E-state index contributed by atoms with van der Waals surface area (Å²) in [6, 6.07) is 7.62. The normalized spacial score (nSPS) is 20.1. The lowest BCUT2D eigenvalue weighted by atomic mass is 9.94. The van der Waals surface area contributed by atoms with Gasteiger partial charge in [-0.2, -0.15) is 0 Å². The van der Waals surface area contributed by atoms with Crippen LogP contribution in [0.3, 0.4) is 0 Å². The van der Waals surface area contributed by atoms with E-state index in [0.29, 0.717) is 11.3 Å². The van der Waals surface area contributed by atoms with Crippen molar-refractivity contribution >= 4 is 40.7 Å². The molecule has 2 aromatic rings. The van der Waals surface area contributed by atoms with Crippen LogP contribution in [0.4, 0.5) is 0 Å². The number of likely N-dealkylation sites (tertiary alicyclic amines) is 1. The first-order chi connectivity index (χ1) is 16.3. The minimum Gasteiger partial charge on any atom is -0.507 e. The first-order valence-corrected chi connectivity index (χ1v) is 11.6. The van der Waals surface area contributed by atoms with E-state index in [0.717, 1.165) is 25.7 Å². The molecule has 1 atom stereocenters. The number of carbonyl (C=O) groups is 2. The smallest absolute Gasteiger partial charge is 0.295 e. The average molecular weight is 506 g/mol. The second-order valence-corrected chi connectivity index (χ2v) is 8.99. The molecule has 1 heterocycles. The lowest BCUT2D eigenvalue weighted by Gasteiger charge is -2.31. The van der Waals surface area contributed by atoms with Gasteiger partial charge in [0.25, 0.3) is 11.7 Å². The molecule has 0 bridgehead atoms. The summed E-state index contributed by atoms with van der Waals surface area (Å²) in [5.41, 5.74) is 0.688. The minimum absolute atomic E-state index is 0.0435. The first-order valence-electron chi connectivity index (χ1n) is 10.9. The van der Waals surface area contributed by atoms with Crippen LogP contribution in [0.5, 0.6) is 17.2 Å². The number of ketones is 1. The lowest BCUT2D eigenvalue weighted by Crippen LogP contribution is -2.37. The molecule has 34 heavy (non-hydrogen) atoms. The zero-order valence-corrected chi connectivity index (χ0v) is 20.6. The maximum absolute atomic E-state index is 13.3. The number of ether oxygens (including phenoxy) is 3. The van der Waals surface area contributed by atoms with E-state index < -0.39 is 23.5 Å². The molecule has 1 saturated heterocycles. The van der Waals surface area contributed by atoms with Gasteiger partial charge in [-0.15, -0.1) is 0 Å². The van der Waals surface area contributed by atoms with Crippen LogP contribution in [0.2, 0.25) is 10.0 Å². The van der Waals surface area contributed by atoms with E-state index in [-0.39, 0.29) is 38.7 Å². The number of benzene rings is 2. The van der Waals surface area contributed by atoms with Crippen LogP contribution < -0.4 is 14.2 Å². The van der Waals surface area contributed by atoms with Crippen LogP contribution >= 0.6 is 23.2 Å². The molecule has 1 aliphatic heterocycles. The molecule has 2 aliphatic rings. The fourth-order valence-corrected chi connectivity index (χ4v) is 5.53. The molecule has 0 aromatic heterocycles. The number of methoxy groups -OCH3 is 3. The molecule has 0 radical (unpaired) electrons. The van der Waals surface area contributed by atoms with Crippen molar-refractivity contribution in [2.45, 2.75) is 37.8 Å². The summed E-state index contributed by atoms with van der Waals surface area (Å²) in [6.07, 6.45) is 3.51. The van der Waals surface area contributed by atoms with Gasteiger partial charge in [0, 0.05) is 6.04 Å². The predicted molar refractivity (Wildman–Crippen MR) is 129 cm³/mol. The van der Waals surface area contributed by atoms with Crippen molar-refractivity contribution in [1.29, 1.82) is 0 Å². The minimum atomic E-state index is -0.803. The summed E-state index contributed by atoms with van der Waals surface area (Å²) >= 11 is 12.7. The zero-order chi connectivity index (χ0) is 24.6. The Bertz CT molecular complexity index is 1170. The van der Waals surface area contributed by atoms with Gasteiger partial charge in [-0.25, -0.2) is 0 Å². The Morgan fingerprint density at radius 1 is 1.00 bits per heavy atom. The van der Waals surface area contributed by atoms with Gasteiger partial charge in [-0.1, -0.05) is 48.2 Å². The van der Waals surface area contributed by atoms with Crippen molar-refractivity contribution < 1.29 is 28.9 Å². The molecule has 1 amide bonds. The summed E-state index contributed by atoms with van der Waals surface area (Å²) in [6.45, 7) is 0. The molecule has 180 valence electrons. The van der Waals surface area contributed by atoms with Crippen molar-refractivity contribution in [1.82, 2.24) is 4.90 Å². The molecule has 1 aliphatic carbocycles. The Morgan fingerprint density at radius 3 is 2.29 bits per heavy atom. The van der Waals surface area contributed by atoms with E-state index in [1.54, 1.807) is 36.3 Å². The second kappa shape index (κ2) is 9.76. The van der Waals surface area contributed by atoms with E-state index in [1.165, 1.54) is 20.3 Å². The Morgan fingerprint density at radius 2 is 1.68 bits per heavy atom. The Kier molecular flexibility index (Phi) is 6.96. The largest absolute Gasteiger partial charge is 0.507 e. The number of halogens is 2. The van der Waals surface area contributed by atoms with Gasteiger partial charge >= 0.3 is 0 Å². The van der Waals surface area contributed by atoms with E-state index in [2.05, 4.69) is 0 Å². The lowest BCUT2D eigenvalue weighted by molar-refractivity contribution is -0.141. The topological polar surface area (TPSA) is 85.3 Å². The number of Topliss-reactive ketones (excluding diaryl/α,β-unsaturated/α-hetero) is 1. The third-order valence-corrected chi connectivity index (χ3v) is 7.03. The fourth-order valence-electron chi connectivity index (χ4n) is 4.84. The molecular formula is C25H25Cl2NO6. The standard InChI is InChI=1S/C25H25Cl2NO6/c1-32-15-10-6-7-13(11-15)20-18(22(30)25(31)28(20)14-8-4-5-9-14)21(29)16-12-17(26)24(34-3)19(27)23(16)33-2/h6-7,10-12,14,20,29H,4-5,8-9H2,1-3H3/b21-18+. The summed E-state index contributed by atoms with van der Waals surface area (Å²) < 4.78 is 16.0. The molecule has 0 spiro atoms. The van der Waals surface area contributed by atoms with Gasteiger partial charge in [0.15, 0.2) is 11.5 Å². The summed E-state index contributed by atoms with van der Waals surface area (Å²) in [5.74, 6) is -1.02. The van der Waals surface area contributed by atoms with Crippen molar-refractivity contribution in [3.63, 3.8) is 0 Å². The van der Waals surface area contributed by atoms with Gasteiger partial charge in [-0.05, 0) is 36.6 Å². The Labute approximate surface area is 207 Å². The maximum atomic E-state index is 13.3. The van der Waals surface area contributed by atoms with E-state index >= 15 is 0 Å². The number of aliphatic hydroxyl groups excluding tert-OH is 1. The second-order valence-electron chi connectivity index (χ2n) is 8.21. The quantitative estimate of drug-likeness (QED) is 0.322. The van der Waals surface area contributed by atoms with Crippen LogP contribution in [0, 0.1) is 0 Å². The van der Waals surface area contributed by atoms with Crippen LogP contribution in [0.1, 0.15) is 42.9 Å². The Balaban J connectivity index is 1.97. The fraction of sp³-hybridized carbons (Fsp3) is 0.360. The number of carbonyl (C=O) groups excluding carboxylic acids is 2. The third kappa shape index (κ3) is 3.97. The number of aliphatic hydroxyl groups is 1. The van der Waals surface area contributed by atoms with Crippen molar-refractivity contribution in [2.75, 3.05) is 21.3 Å². The molecule has 1 unspecified atom stereocenters. The van der Waals surface area contributed by atoms with Crippen LogP contribution in [0.25, 0.3) is 5.76 Å². The molecule has 2 fully saturated rings. The maximum Gasteiger partial charge on any atom is 0.295 e. The number of nitrogens with zero attached hydrogens (tertiary/aromatic N) is 1. The average Bonchev–Trinajstić information content (AvgIpc) is 3.45. The number of rotatable bonds is 6. The van der Waals surface area contributed by atoms with Crippen molar-refractivity contribution in [2.24, 2.45) is 0 Å². The van der Waals surface area contributed by atoms with E-state index in [4.69, 9.17) is 37.4 Å². The van der Waals surface area contributed by atoms with Gasteiger partial charge in [0.1, 0.15) is 16.5 Å². The van der Waals surface area contributed by atoms with E-state index in [1.807, 2.05) is 0 Å². The van der Waals surface area contributed by atoms with Crippen molar-refractivity contribution in [3.05, 3.63) is 57.1 Å². The molecule has 4 rings (SSSR count). The highest BCUT2D eigenvalue weighted by Crippen LogP contribution is 2.48. The first kappa shape index (κ1) is 24.2. The molecule has 7 nitrogen and oxygen atoms in total. The van der Waals surface area contributed by atoms with Gasteiger partial charge in [-0.3, -0.25) is 9.59 Å². The number of hydrogen-bond acceptors (Lipinski definition) is 6. The predicted octanol–water partition coefficient (Wildman–Crippen LogP) is 5.38. The van der Waals surface area contributed by atoms with Crippen LogP contribution in [0.15, 0.2) is 35.9 Å². The molecular weight excluding hydrogens is 481 g/mol. The van der Waals surface area contributed by atoms with Crippen molar-refractivity contribution in [3.8, 4) is 17.2 Å². The van der Waals surface area contributed by atoms with Crippen LogP contribution in [-0.4, -0.2) is 49.1 Å². The molecule has 9 heteroatoms. The SMILES string of the molecule is COc1cccc(C2/C(=C(\O)c3cc(Cl)c(OC)c(Cl)c3OC)C(=O)C(=O)N2C2CCCC2)c1. The van der Waals surface area contributed by atoms with Gasteiger partial charge in [0.05, 0.1) is 43.5 Å². The third-order valence-electron chi connectivity index (χ3n) is 6.40.